The molecule has 3 heteroatoms. The monoisotopic (exact) mass is 259 g/mol. The number of hydrogen-bond donors (Lipinski definition) is 1. The Morgan fingerprint density at radius 2 is 1.84 bits per heavy atom. The van der Waals surface area contributed by atoms with E-state index in [4.69, 9.17) is 5.11 Å². The third kappa shape index (κ3) is 2.98. The maximum atomic E-state index is 10.4. The molecule has 1 aromatic rings. The van der Waals surface area contributed by atoms with Gasteiger partial charge in [-0.3, -0.25) is 0 Å². The highest BCUT2D eigenvalue weighted by Gasteiger charge is 2.39. The van der Waals surface area contributed by atoms with E-state index in [1.165, 1.54) is 18.5 Å². The van der Waals surface area contributed by atoms with E-state index < -0.39 is 5.97 Å². The standard InChI is InChI=1S/C16H21NO2/c1-3-16(4-2)11-17(12-16)14-8-5-13(6-9-14)7-10-15(18)19/h5-10H,3-4,11-12H2,1-2H3,(H,18,19)/b10-7+. The van der Waals surface area contributed by atoms with Crippen molar-refractivity contribution in [2.45, 2.75) is 26.7 Å². The summed E-state index contributed by atoms with van der Waals surface area (Å²) in [5, 5.41) is 8.58. The lowest BCUT2D eigenvalue weighted by Gasteiger charge is -2.51. The molecular formula is C16H21NO2. The molecule has 1 N–H and O–H groups in total. The van der Waals surface area contributed by atoms with Crippen molar-refractivity contribution in [2.75, 3.05) is 18.0 Å². The summed E-state index contributed by atoms with van der Waals surface area (Å²) in [5.41, 5.74) is 2.65. The van der Waals surface area contributed by atoms with E-state index >= 15 is 0 Å². The molecule has 0 radical (unpaired) electrons. The second-order valence-electron chi connectivity index (χ2n) is 5.33. The summed E-state index contributed by atoms with van der Waals surface area (Å²) in [6, 6.07) is 8.06. The summed E-state index contributed by atoms with van der Waals surface area (Å²) in [6.07, 6.45) is 5.25. The van der Waals surface area contributed by atoms with Crippen LogP contribution >= 0.6 is 0 Å². The lowest BCUT2D eigenvalue weighted by molar-refractivity contribution is -0.131. The Kier molecular flexibility index (Phi) is 3.93. The normalized spacial score (nSPS) is 17.5. The van der Waals surface area contributed by atoms with Crippen molar-refractivity contribution in [3.63, 3.8) is 0 Å². The van der Waals surface area contributed by atoms with Gasteiger partial charge in [0.1, 0.15) is 0 Å². The minimum Gasteiger partial charge on any atom is -0.478 e. The molecule has 1 saturated heterocycles. The van der Waals surface area contributed by atoms with Gasteiger partial charge in [-0.1, -0.05) is 26.0 Å². The Labute approximate surface area is 114 Å². The van der Waals surface area contributed by atoms with Gasteiger partial charge in [-0.25, -0.2) is 4.79 Å². The van der Waals surface area contributed by atoms with Crippen LogP contribution in [0.1, 0.15) is 32.3 Å². The first-order valence-corrected chi connectivity index (χ1v) is 6.84. The van der Waals surface area contributed by atoms with Crippen molar-refractivity contribution in [3.8, 4) is 0 Å². The zero-order valence-corrected chi connectivity index (χ0v) is 11.6. The van der Waals surface area contributed by atoms with Gasteiger partial charge in [-0.2, -0.15) is 0 Å². The zero-order valence-electron chi connectivity index (χ0n) is 11.6. The van der Waals surface area contributed by atoms with Crippen LogP contribution in [0.2, 0.25) is 0 Å². The largest absolute Gasteiger partial charge is 0.478 e. The van der Waals surface area contributed by atoms with Crippen LogP contribution < -0.4 is 4.90 Å². The minimum atomic E-state index is -0.914. The molecule has 1 aliphatic heterocycles. The van der Waals surface area contributed by atoms with E-state index in [-0.39, 0.29) is 0 Å². The topological polar surface area (TPSA) is 40.5 Å². The van der Waals surface area contributed by atoms with E-state index in [0.29, 0.717) is 5.41 Å². The first-order valence-electron chi connectivity index (χ1n) is 6.84. The number of carbonyl (C=O) groups is 1. The van der Waals surface area contributed by atoms with Gasteiger partial charge < -0.3 is 10.0 Å². The predicted octanol–water partition coefficient (Wildman–Crippen LogP) is 3.41. The van der Waals surface area contributed by atoms with Crippen LogP contribution in [-0.4, -0.2) is 24.2 Å². The van der Waals surface area contributed by atoms with Crippen molar-refractivity contribution in [1.29, 1.82) is 0 Å². The fourth-order valence-corrected chi connectivity index (χ4v) is 2.61. The molecule has 1 fully saturated rings. The van der Waals surface area contributed by atoms with Crippen molar-refractivity contribution >= 4 is 17.7 Å². The Bertz CT molecular complexity index is 464. The van der Waals surface area contributed by atoms with Gasteiger partial charge in [-0.15, -0.1) is 0 Å². The molecule has 19 heavy (non-hydrogen) atoms. The molecule has 0 spiro atoms. The maximum Gasteiger partial charge on any atom is 0.328 e. The van der Waals surface area contributed by atoms with Gasteiger partial charge in [0.25, 0.3) is 0 Å². The second kappa shape index (κ2) is 5.47. The Morgan fingerprint density at radius 1 is 1.26 bits per heavy atom. The fourth-order valence-electron chi connectivity index (χ4n) is 2.61. The van der Waals surface area contributed by atoms with Crippen LogP contribution in [0, 0.1) is 5.41 Å². The average molecular weight is 259 g/mol. The second-order valence-corrected chi connectivity index (χ2v) is 5.33. The van der Waals surface area contributed by atoms with Crippen LogP contribution in [-0.2, 0) is 4.79 Å². The number of nitrogens with zero attached hydrogens (tertiary/aromatic N) is 1. The van der Waals surface area contributed by atoms with Gasteiger partial charge in [0, 0.05) is 30.3 Å². The van der Waals surface area contributed by atoms with Crippen LogP contribution in [0.15, 0.2) is 30.3 Å². The van der Waals surface area contributed by atoms with E-state index in [0.717, 1.165) is 24.7 Å². The molecule has 0 unspecified atom stereocenters. The van der Waals surface area contributed by atoms with Crippen molar-refractivity contribution in [1.82, 2.24) is 0 Å². The molecule has 3 nitrogen and oxygen atoms in total. The third-order valence-electron chi connectivity index (χ3n) is 4.23. The average Bonchev–Trinajstić information content (AvgIpc) is 2.37. The van der Waals surface area contributed by atoms with E-state index in [1.807, 2.05) is 12.1 Å². The van der Waals surface area contributed by atoms with Crippen LogP contribution in [0.4, 0.5) is 5.69 Å². The minimum absolute atomic E-state index is 0.502. The fraction of sp³-hybridized carbons (Fsp3) is 0.438. The van der Waals surface area contributed by atoms with E-state index in [1.54, 1.807) is 6.08 Å². The third-order valence-corrected chi connectivity index (χ3v) is 4.23. The predicted molar refractivity (Wildman–Crippen MR) is 78.3 cm³/mol. The summed E-state index contributed by atoms with van der Waals surface area (Å²) in [6.45, 7) is 6.79. The molecule has 1 heterocycles. The number of hydrogen-bond acceptors (Lipinski definition) is 2. The van der Waals surface area contributed by atoms with Crippen molar-refractivity contribution in [3.05, 3.63) is 35.9 Å². The van der Waals surface area contributed by atoms with E-state index in [2.05, 4.69) is 30.9 Å². The molecule has 0 bridgehead atoms. The lowest BCUT2D eigenvalue weighted by Crippen LogP contribution is -2.55. The smallest absolute Gasteiger partial charge is 0.328 e. The van der Waals surface area contributed by atoms with Gasteiger partial charge >= 0.3 is 5.97 Å². The van der Waals surface area contributed by atoms with Crippen molar-refractivity contribution < 1.29 is 9.90 Å². The summed E-state index contributed by atoms with van der Waals surface area (Å²) in [5.74, 6) is -0.914. The molecular weight excluding hydrogens is 238 g/mol. The lowest BCUT2D eigenvalue weighted by atomic mass is 9.75. The quantitative estimate of drug-likeness (QED) is 0.824. The van der Waals surface area contributed by atoms with E-state index in [9.17, 15) is 4.79 Å². The molecule has 0 aliphatic carbocycles. The summed E-state index contributed by atoms with van der Waals surface area (Å²) < 4.78 is 0. The molecule has 2 rings (SSSR count). The molecule has 1 aromatic carbocycles. The number of carboxylic acid groups (broad SMARTS) is 1. The highest BCUT2D eigenvalue weighted by molar-refractivity contribution is 5.85. The highest BCUT2D eigenvalue weighted by atomic mass is 16.4. The van der Waals surface area contributed by atoms with Crippen molar-refractivity contribution in [2.24, 2.45) is 5.41 Å². The summed E-state index contributed by atoms with van der Waals surface area (Å²) in [4.78, 5) is 12.8. The van der Waals surface area contributed by atoms with Crippen LogP contribution in [0.3, 0.4) is 0 Å². The molecule has 0 amide bonds. The Balaban J connectivity index is 1.99. The Morgan fingerprint density at radius 3 is 2.32 bits per heavy atom. The van der Waals surface area contributed by atoms with Gasteiger partial charge in [0.2, 0.25) is 0 Å². The molecule has 0 saturated carbocycles. The first-order chi connectivity index (χ1) is 9.08. The molecule has 0 atom stereocenters. The molecule has 102 valence electrons. The van der Waals surface area contributed by atoms with Gasteiger partial charge in [0.15, 0.2) is 0 Å². The Hall–Kier alpha value is -1.77. The molecule has 1 aliphatic rings. The zero-order chi connectivity index (χ0) is 13.9. The molecule has 0 aromatic heterocycles. The number of aliphatic carboxylic acids is 1. The van der Waals surface area contributed by atoms with Gasteiger partial charge in [0.05, 0.1) is 0 Å². The number of carboxylic acids is 1. The van der Waals surface area contributed by atoms with Gasteiger partial charge in [-0.05, 0) is 36.6 Å². The van der Waals surface area contributed by atoms with Crippen LogP contribution in [0.5, 0.6) is 0 Å². The maximum absolute atomic E-state index is 10.4. The summed E-state index contributed by atoms with van der Waals surface area (Å²) in [7, 11) is 0. The number of anilines is 1. The SMILES string of the molecule is CCC1(CC)CN(c2ccc(/C=C/C(=O)O)cc2)C1. The number of rotatable bonds is 5. The van der Waals surface area contributed by atoms with Crippen LogP contribution in [0.25, 0.3) is 6.08 Å². The highest BCUT2D eigenvalue weighted by Crippen LogP contribution is 2.39. The first kappa shape index (κ1) is 13.7. The number of benzene rings is 1. The summed E-state index contributed by atoms with van der Waals surface area (Å²) >= 11 is 0.